The Morgan fingerprint density at radius 2 is 1.83 bits per heavy atom. The number of piperidine rings is 1. The van der Waals surface area contributed by atoms with Crippen LogP contribution < -0.4 is 15.5 Å². The van der Waals surface area contributed by atoms with Crippen LogP contribution in [0.1, 0.15) is 40.0 Å². The molecule has 5 nitrogen and oxygen atoms in total. The van der Waals surface area contributed by atoms with Gasteiger partial charge in [0.15, 0.2) is 0 Å². The number of rotatable bonds is 5. The van der Waals surface area contributed by atoms with Crippen molar-refractivity contribution in [3.8, 4) is 0 Å². The summed E-state index contributed by atoms with van der Waals surface area (Å²) in [6.07, 6.45) is 3.54. The molecule has 1 aliphatic heterocycles. The molecule has 0 bridgehead atoms. The Morgan fingerprint density at radius 3 is 2.42 bits per heavy atom. The zero-order chi connectivity index (χ0) is 17.7. The van der Waals surface area contributed by atoms with Crippen molar-refractivity contribution in [1.82, 2.24) is 5.32 Å². The Hall–Kier alpha value is -1.75. The zero-order valence-electron chi connectivity index (χ0n) is 14.6. The van der Waals surface area contributed by atoms with Crippen molar-refractivity contribution in [1.29, 1.82) is 0 Å². The molecule has 2 amide bonds. The average Bonchev–Trinajstić information content (AvgIpc) is 2.53. The summed E-state index contributed by atoms with van der Waals surface area (Å²) in [5.41, 5.74) is 1.68. The van der Waals surface area contributed by atoms with Gasteiger partial charge in [0, 0.05) is 25.0 Å². The molecule has 6 heteroatoms. The maximum absolute atomic E-state index is 12.6. The number of hydrogen-bond donors (Lipinski definition) is 2. The van der Waals surface area contributed by atoms with Crippen molar-refractivity contribution in [2.45, 2.75) is 46.1 Å². The fourth-order valence-corrected chi connectivity index (χ4v) is 3.16. The molecule has 1 aliphatic rings. The number of halogens is 1. The van der Waals surface area contributed by atoms with Crippen LogP contribution in [-0.4, -0.2) is 30.9 Å². The van der Waals surface area contributed by atoms with Crippen molar-refractivity contribution in [3.05, 3.63) is 23.2 Å². The predicted octanol–water partition coefficient (Wildman–Crippen LogP) is 3.43. The second-order valence-electron chi connectivity index (χ2n) is 6.62. The average molecular weight is 352 g/mol. The summed E-state index contributed by atoms with van der Waals surface area (Å²) in [5.74, 6) is -0.446. The summed E-state index contributed by atoms with van der Waals surface area (Å²) in [5, 5.41) is 6.25. The molecule has 24 heavy (non-hydrogen) atoms. The summed E-state index contributed by atoms with van der Waals surface area (Å²) in [6.45, 7) is 7.18. The number of nitrogens with zero attached hydrogens (tertiary/aromatic N) is 1. The van der Waals surface area contributed by atoms with Crippen molar-refractivity contribution in [2.24, 2.45) is 5.92 Å². The molecule has 1 aromatic carbocycles. The van der Waals surface area contributed by atoms with E-state index in [9.17, 15) is 9.59 Å². The second kappa shape index (κ2) is 8.38. The highest BCUT2D eigenvalue weighted by Crippen LogP contribution is 2.31. The summed E-state index contributed by atoms with van der Waals surface area (Å²) in [6, 6.07) is 4.99. The molecule has 1 saturated heterocycles. The summed E-state index contributed by atoms with van der Waals surface area (Å²) in [7, 11) is 0. The summed E-state index contributed by atoms with van der Waals surface area (Å²) < 4.78 is 0. The SMILES string of the molecule is CC(=O)N[C@H](C(=O)Nc1cc(Cl)ccc1N1CCCCC1)C(C)C. The van der Waals surface area contributed by atoms with Crippen LogP contribution in [0.3, 0.4) is 0 Å². The molecule has 132 valence electrons. The lowest BCUT2D eigenvalue weighted by atomic mass is 10.0. The number of amides is 2. The molecule has 2 N–H and O–H groups in total. The molecular weight excluding hydrogens is 326 g/mol. The highest BCUT2D eigenvalue weighted by molar-refractivity contribution is 6.31. The maximum atomic E-state index is 12.6. The highest BCUT2D eigenvalue weighted by atomic mass is 35.5. The van der Waals surface area contributed by atoms with Gasteiger partial charge in [0.05, 0.1) is 11.4 Å². The first-order valence-corrected chi connectivity index (χ1v) is 8.88. The van der Waals surface area contributed by atoms with Crippen molar-refractivity contribution in [3.63, 3.8) is 0 Å². The summed E-state index contributed by atoms with van der Waals surface area (Å²) in [4.78, 5) is 26.3. The van der Waals surface area contributed by atoms with Gasteiger partial charge in [0.1, 0.15) is 6.04 Å². The second-order valence-corrected chi connectivity index (χ2v) is 7.06. The van der Waals surface area contributed by atoms with E-state index in [0.29, 0.717) is 10.7 Å². The van der Waals surface area contributed by atoms with Gasteiger partial charge in [-0.05, 0) is 43.4 Å². The molecule has 2 rings (SSSR count). The van der Waals surface area contributed by atoms with Gasteiger partial charge in [-0.25, -0.2) is 0 Å². The van der Waals surface area contributed by atoms with Gasteiger partial charge in [0.25, 0.3) is 0 Å². The minimum absolute atomic E-state index is 0.00785. The molecule has 0 spiro atoms. The van der Waals surface area contributed by atoms with Crippen molar-refractivity contribution in [2.75, 3.05) is 23.3 Å². The van der Waals surface area contributed by atoms with Crippen LogP contribution in [0.25, 0.3) is 0 Å². The Kier molecular flexibility index (Phi) is 6.49. The number of carbonyl (C=O) groups excluding carboxylic acids is 2. The lowest BCUT2D eigenvalue weighted by molar-refractivity contribution is -0.126. The monoisotopic (exact) mass is 351 g/mol. The molecule has 0 radical (unpaired) electrons. The van der Waals surface area contributed by atoms with Crippen LogP contribution in [0, 0.1) is 5.92 Å². The van der Waals surface area contributed by atoms with E-state index in [1.165, 1.54) is 13.3 Å². The fourth-order valence-electron chi connectivity index (χ4n) is 2.98. The van der Waals surface area contributed by atoms with Gasteiger partial charge >= 0.3 is 0 Å². The van der Waals surface area contributed by atoms with E-state index in [1.807, 2.05) is 26.0 Å². The van der Waals surface area contributed by atoms with Gasteiger partial charge < -0.3 is 15.5 Å². The third-order valence-electron chi connectivity index (χ3n) is 4.22. The van der Waals surface area contributed by atoms with Gasteiger partial charge in [-0.1, -0.05) is 25.4 Å². The van der Waals surface area contributed by atoms with Gasteiger partial charge in [0.2, 0.25) is 11.8 Å². The Balaban J connectivity index is 2.22. The smallest absolute Gasteiger partial charge is 0.247 e. The van der Waals surface area contributed by atoms with Crippen LogP contribution in [0.15, 0.2) is 18.2 Å². The highest BCUT2D eigenvalue weighted by Gasteiger charge is 2.24. The third-order valence-corrected chi connectivity index (χ3v) is 4.46. The maximum Gasteiger partial charge on any atom is 0.247 e. The standard InChI is InChI=1S/C18H26ClN3O2/c1-12(2)17(20-13(3)23)18(24)21-15-11-14(19)7-8-16(15)22-9-5-4-6-10-22/h7-8,11-12,17H,4-6,9-10H2,1-3H3,(H,20,23)(H,21,24)/t17-/m0/s1. The normalized spacial score (nSPS) is 16.0. The van der Waals surface area contributed by atoms with Crippen molar-refractivity contribution < 1.29 is 9.59 Å². The van der Waals surface area contributed by atoms with Crippen LogP contribution >= 0.6 is 11.6 Å². The number of nitrogens with one attached hydrogen (secondary N) is 2. The zero-order valence-corrected chi connectivity index (χ0v) is 15.3. The van der Waals surface area contributed by atoms with E-state index in [-0.39, 0.29) is 17.7 Å². The molecule has 1 heterocycles. The molecule has 0 saturated carbocycles. The number of hydrogen-bond acceptors (Lipinski definition) is 3. The van der Waals surface area contributed by atoms with Gasteiger partial charge in [-0.3, -0.25) is 9.59 Å². The first kappa shape index (κ1) is 18.6. The largest absolute Gasteiger partial charge is 0.370 e. The molecule has 0 aliphatic carbocycles. The quantitative estimate of drug-likeness (QED) is 0.854. The van der Waals surface area contributed by atoms with E-state index in [1.54, 1.807) is 6.07 Å². The van der Waals surface area contributed by atoms with Crippen LogP contribution in [0.5, 0.6) is 0 Å². The Bertz CT molecular complexity index is 598. The molecule has 1 fully saturated rings. The molecule has 0 unspecified atom stereocenters. The number of anilines is 2. The van der Waals surface area contributed by atoms with Crippen LogP contribution in [-0.2, 0) is 9.59 Å². The molecule has 1 atom stereocenters. The first-order chi connectivity index (χ1) is 11.4. The third kappa shape index (κ3) is 4.87. The fraction of sp³-hybridized carbons (Fsp3) is 0.556. The molecule has 0 aromatic heterocycles. The first-order valence-electron chi connectivity index (χ1n) is 8.51. The van der Waals surface area contributed by atoms with Crippen LogP contribution in [0.2, 0.25) is 5.02 Å². The van der Waals surface area contributed by atoms with E-state index in [4.69, 9.17) is 11.6 Å². The van der Waals surface area contributed by atoms with Gasteiger partial charge in [-0.2, -0.15) is 0 Å². The number of benzene rings is 1. The van der Waals surface area contributed by atoms with E-state index >= 15 is 0 Å². The topological polar surface area (TPSA) is 61.4 Å². The Labute approximate surface area is 148 Å². The van der Waals surface area contributed by atoms with Crippen molar-refractivity contribution >= 4 is 34.8 Å². The molecule has 1 aromatic rings. The number of carbonyl (C=O) groups is 2. The lowest BCUT2D eigenvalue weighted by Crippen LogP contribution is -2.46. The predicted molar refractivity (Wildman–Crippen MR) is 98.6 cm³/mol. The van der Waals surface area contributed by atoms with E-state index < -0.39 is 6.04 Å². The minimum Gasteiger partial charge on any atom is -0.370 e. The summed E-state index contributed by atoms with van der Waals surface area (Å²) >= 11 is 6.13. The minimum atomic E-state index is -0.573. The van der Waals surface area contributed by atoms with E-state index in [2.05, 4.69) is 15.5 Å². The lowest BCUT2D eigenvalue weighted by Gasteiger charge is -2.31. The molecular formula is C18H26ClN3O2. The Morgan fingerprint density at radius 1 is 1.17 bits per heavy atom. The van der Waals surface area contributed by atoms with Crippen LogP contribution in [0.4, 0.5) is 11.4 Å². The van der Waals surface area contributed by atoms with Gasteiger partial charge in [-0.15, -0.1) is 0 Å². The van der Waals surface area contributed by atoms with E-state index in [0.717, 1.165) is 31.6 Å².